The summed E-state index contributed by atoms with van der Waals surface area (Å²) in [6, 6.07) is 9.72. The molecule has 1 saturated heterocycles. The largest absolute Gasteiger partial charge is 0.441 e. The fourth-order valence-electron chi connectivity index (χ4n) is 1.85. The third kappa shape index (κ3) is 2.33. The lowest BCUT2D eigenvalue weighted by atomic mass is 10.1. The quantitative estimate of drug-likeness (QED) is 0.842. The van der Waals surface area contributed by atoms with Crippen molar-refractivity contribution < 1.29 is 14.6 Å². The van der Waals surface area contributed by atoms with Crippen LogP contribution in [0.1, 0.15) is 18.1 Å². The maximum atomic E-state index is 11.6. The summed E-state index contributed by atoms with van der Waals surface area (Å²) in [5.74, 6) is 0. The van der Waals surface area contributed by atoms with Crippen molar-refractivity contribution in [3.63, 3.8) is 0 Å². The smallest absolute Gasteiger partial charge is 0.410 e. The van der Waals surface area contributed by atoms with Crippen molar-refractivity contribution in [1.82, 2.24) is 4.90 Å². The molecule has 1 amide bonds. The van der Waals surface area contributed by atoms with E-state index >= 15 is 0 Å². The second kappa shape index (κ2) is 4.99. The number of β-amino-alcohol motifs (C(OH)–C–C–N with tert-alkyl or cyclic N) is 1. The molecule has 1 aliphatic rings. The fourth-order valence-corrected chi connectivity index (χ4v) is 1.85. The van der Waals surface area contributed by atoms with Crippen LogP contribution in [0.3, 0.4) is 0 Å². The van der Waals surface area contributed by atoms with E-state index in [1.165, 1.54) is 4.90 Å². The normalized spacial score (nSPS) is 20.7. The molecule has 1 N–H and O–H groups in total. The molecule has 4 heteroatoms. The molecule has 0 radical (unpaired) electrons. The van der Waals surface area contributed by atoms with Crippen molar-refractivity contribution in [3.8, 4) is 0 Å². The van der Waals surface area contributed by atoms with Crippen LogP contribution in [0, 0.1) is 0 Å². The number of aliphatic hydroxyl groups excluding tert-OH is 1. The second-order valence-electron chi connectivity index (χ2n) is 3.78. The molecule has 0 aromatic heterocycles. The van der Waals surface area contributed by atoms with E-state index in [1.54, 1.807) is 0 Å². The van der Waals surface area contributed by atoms with Gasteiger partial charge in [-0.2, -0.15) is 0 Å². The first-order chi connectivity index (χ1) is 7.81. The van der Waals surface area contributed by atoms with Crippen LogP contribution in [0.4, 0.5) is 4.79 Å². The number of rotatable bonds is 3. The third-order valence-corrected chi connectivity index (χ3v) is 2.70. The minimum Gasteiger partial charge on any atom is -0.441 e. The fraction of sp³-hybridized carbons (Fsp3) is 0.417. The van der Waals surface area contributed by atoms with Gasteiger partial charge >= 0.3 is 6.09 Å². The lowest BCUT2D eigenvalue weighted by molar-refractivity contribution is 0.0195. The van der Waals surface area contributed by atoms with Crippen molar-refractivity contribution in [3.05, 3.63) is 35.9 Å². The molecule has 4 nitrogen and oxygen atoms in total. The zero-order valence-corrected chi connectivity index (χ0v) is 9.00. The topological polar surface area (TPSA) is 49.8 Å². The van der Waals surface area contributed by atoms with E-state index in [0.717, 1.165) is 12.0 Å². The molecule has 0 spiro atoms. The molecule has 2 rings (SSSR count). The first-order valence-corrected chi connectivity index (χ1v) is 5.42. The van der Waals surface area contributed by atoms with E-state index in [2.05, 4.69) is 0 Å². The van der Waals surface area contributed by atoms with Gasteiger partial charge in [0.1, 0.15) is 6.10 Å². The van der Waals surface area contributed by atoms with Gasteiger partial charge in [-0.15, -0.1) is 0 Å². The molecule has 16 heavy (non-hydrogen) atoms. The Labute approximate surface area is 94.4 Å². The summed E-state index contributed by atoms with van der Waals surface area (Å²) in [6.45, 7) is 0.963. The molecular formula is C12H15NO3. The first-order valence-electron chi connectivity index (χ1n) is 5.42. The van der Waals surface area contributed by atoms with Crippen molar-refractivity contribution in [2.75, 3.05) is 19.7 Å². The number of aliphatic hydroxyl groups is 1. The number of hydrogen-bond donors (Lipinski definition) is 1. The number of amides is 1. The van der Waals surface area contributed by atoms with Crippen molar-refractivity contribution in [1.29, 1.82) is 0 Å². The number of benzene rings is 1. The molecule has 1 aromatic rings. The van der Waals surface area contributed by atoms with Gasteiger partial charge in [-0.3, -0.25) is 0 Å². The standard InChI is InChI=1S/C12H15NO3/c14-9-8-13-7-6-11(16-12(13)15)10-4-2-1-3-5-10/h1-5,11,14H,6-9H2. The maximum Gasteiger partial charge on any atom is 0.410 e. The molecule has 0 bridgehead atoms. The van der Waals surface area contributed by atoms with Crippen LogP contribution < -0.4 is 0 Å². The van der Waals surface area contributed by atoms with Crippen molar-refractivity contribution >= 4 is 6.09 Å². The Bertz CT molecular complexity index is 353. The highest BCUT2D eigenvalue weighted by atomic mass is 16.6. The van der Waals surface area contributed by atoms with E-state index in [0.29, 0.717) is 13.1 Å². The van der Waals surface area contributed by atoms with Gasteiger partial charge in [-0.1, -0.05) is 30.3 Å². The summed E-state index contributed by atoms with van der Waals surface area (Å²) >= 11 is 0. The second-order valence-corrected chi connectivity index (χ2v) is 3.78. The Hall–Kier alpha value is -1.55. The summed E-state index contributed by atoms with van der Waals surface area (Å²) in [6.07, 6.45) is 0.285. The van der Waals surface area contributed by atoms with Crippen molar-refractivity contribution in [2.24, 2.45) is 0 Å². The van der Waals surface area contributed by atoms with Crippen LogP contribution >= 0.6 is 0 Å². The van der Waals surface area contributed by atoms with E-state index < -0.39 is 0 Å². The van der Waals surface area contributed by atoms with Crippen molar-refractivity contribution in [2.45, 2.75) is 12.5 Å². The number of ether oxygens (including phenoxy) is 1. The van der Waals surface area contributed by atoms with E-state index in [-0.39, 0.29) is 18.8 Å². The molecule has 86 valence electrons. The molecule has 1 atom stereocenters. The summed E-state index contributed by atoms with van der Waals surface area (Å²) in [4.78, 5) is 13.1. The van der Waals surface area contributed by atoms with E-state index in [1.807, 2.05) is 30.3 Å². The van der Waals surface area contributed by atoms with E-state index in [4.69, 9.17) is 9.84 Å². The molecule has 1 fully saturated rings. The third-order valence-electron chi connectivity index (χ3n) is 2.70. The number of carbonyl (C=O) groups is 1. The van der Waals surface area contributed by atoms with Gasteiger partial charge in [0.25, 0.3) is 0 Å². The Kier molecular flexibility index (Phi) is 3.41. The highest BCUT2D eigenvalue weighted by molar-refractivity contribution is 5.68. The van der Waals surface area contributed by atoms with Gasteiger partial charge < -0.3 is 14.7 Å². The average Bonchev–Trinajstić information content (AvgIpc) is 2.33. The summed E-state index contributed by atoms with van der Waals surface area (Å²) in [5, 5.41) is 8.77. The molecule has 1 aliphatic heterocycles. The average molecular weight is 221 g/mol. The Morgan fingerprint density at radius 1 is 1.38 bits per heavy atom. The maximum absolute atomic E-state index is 11.6. The van der Waals surface area contributed by atoms with Crippen LogP contribution in [0.15, 0.2) is 30.3 Å². The Balaban J connectivity index is 2.00. The van der Waals surface area contributed by atoms with Crippen LogP contribution in [0.5, 0.6) is 0 Å². The lowest BCUT2D eigenvalue weighted by Crippen LogP contribution is -2.40. The van der Waals surface area contributed by atoms with Crippen LogP contribution in [0.2, 0.25) is 0 Å². The van der Waals surface area contributed by atoms with Gasteiger partial charge in [-0.05, 0) is 5.56 Å². The van der Waals surface area contributed by atoms with Gasteiger partial charge in [0.05, 0.1) is 6.61 Å². The zero-order chi connectivity index (χ0) is 11.4. The van der Waals surface area contributed by atoms with Crippen LogP contribution in [-0.2, 0) is 4.74 Å². The molecular weight excluding hydrogens is 206 g/mol. The van der Waals surface area contributed by atoms with Gasteiger partial charge in [-0.25, -0.2) is 4.79 Å². The lowest BCUT2D eigenvalue weighted by Gasteiger charge is -2.31. The minimum absolute atomic E-state index is 0.0227. The number of nitrogens with zero attached hydrogens (tertiary/aromatic N) is 1. The Morgan fingerprint density at radius 2 is 2.12 bits per heavy atom. The van der Waals surface area contributed by atoms with Gasteiger partial charge in [0, 0.05) is 19.5 Å². The van der Waals surface area contributed by atoms with Gasteiger partial charge in [0.15, 0.2) is 0 Å². The summed E-state index contributed by atoms with van der Waals surface area (Å²) in [7, 11) is 0. The van der Waals surface area contributed by atoms with Gasteiger partial charge in [0.2, 0.25) is 0 Å². The summed E-state index contributed by atoms with van der Waals surface area (Å²) in [5.41, 5.74) is 1.03. The first kappa shape index (κ1) is 11.0. The zero-order valence-electron chi connectivity index (χ0n) is 9.00. The minimum atomic E-state index is -0.339. The van der Waals surface area contributed by atoms with Crippen LogP contribution in [-0.4, -0.2) is 35.8 Å². The summed E-state index contributed by atoms with van der Waals surface area (Å²) < 4.78 is 5.31. The number of carbonyl (C=O) groups excluding carboxylic acids is 1. The number of cyclic esters (lactones) is 1. The predicted octanol–water partition coefficient (Wildman–Crippen LogP) is 1.56. The molecule has 0 saturated carbocycles. The highest BCUT2D eigenvalue weighted by Crippen LogP contribution is 2.26. The number of hydrogen-bond acceptors (Lipinski definition) is 3. The molecule has 1 heterocycles. The highest BCUT2D eigenvalue weighted by Gasteiger charge is 2.27. The predicted molar refractivity (Wildman–Crippen MR) is 58.9 cm³/mol. The monoisotopic (exact) mass is 221 g/mol. The van der Waals surface area contributed by atoms with E-state index in [9.17, 15) is 4.79 Å². The molecule has 1 unspecified atom stereocenters. The molecule has 0 aliphatic carbocycles. The molecule has 1 aromatic carbocycles. The Morgan fingerprint density at radius 3 is 2.75 bits per heavy atom. The SMILES string of the molecule is O=C1OC(c2ccccc2)CCN1CCO. The van der Waals surface area contributed by atoms with Crippen LogP contribution in [0.25, 0.3) is 0 Å².